The molecule has 1 heterocycles. The molecule has 0 spiro atoms. The van der Waals surface area contributed by atoms with Crippen LogP contribution in [0.25, 0.3) is 0 Å². The molecule has 3 nitrogen and oxygen atoms in total. The fourth-order valence-corrected chi connectivity index (χ4v) is 2.52. The molecular formula is C13H20N2O. The van der Waals surface area contributed by atoms with Gasteiger partial charge in [0.1, 0.15) is 5.75 Å². The highest BCUT2D eigenvalue weighted by Crippen LogP contribution is 2.38. The SMILES string of the molecule is CN(C)C1(CN)CCCOc2ccccc21. The van der Waals surface area contributed by atoms with E-state index < -0.39 is 0 Å². The molecule has 1 aliphatic heterocycles. The minimum Gasteiger partial charge on any atom is -0.493 e. The van der Waals surface area contributed by atoms with Crippen molar-refractivity contribution >= 4 is 0 Å². The molecule has 1 aromatic rings. The number of benzene rings is 1. The van der Waals surface area contributed by atoms with Gasteiger partial charge >= 0.3 is 0 Å². The maximum Gasteiger partial charge on any atom is 0.124 e. The highest BCUT2D eigenvalue weighted by Gasteiger charge is 2.36. The zero-order valence-electron chi connectivity index (χ0n) is 10.1. The van der Waals surface area contributed by atoms with Gasteiger partial charge in [0, 0.05) is 12.1 Å². The van der Waals surface area contributed by atoms with Crippen molar-refractivity contribution in [1.82, 2.24) is 4.90 Å². The number of fused-ring (bicyclic) bond motifs is 1. The Morgan fingerprint density at radius 1 is 1.38 bits per heavy atom. The fraction of sp³-hybridized carbons (Fsp3) is 0.538. The predicted molar refractivity (Wildman–Crippen MR) is 65.6 cm³/mol. The fourth-order valence-electron chi connectivity index (χ4n) is 2.52. The number of para-hydroxylation sites is 1. The second-order valence-electron chi connectivity index (χ2n) is 4.58. The third-order valence-electron chi connectivity index (χ3n) is 3.57. The summed E-state index contributed by atoms with van der Waals surface area (Å²) in [6, 6.07) is 8.24. The zero-order valence-corrected chi connectivity index (χ0v) is 10.1. The third-order valence-corrected chi connectivity index (χ3v) is 3.57. The number of ether oxygens (including phenoxy) is 1. The Kier molecular flexibility index (Phi) is 3.17. The molecule has 1 unspecified atom stereocenters. The Labute approximate surface area is 97.2 Å². The lowest BCUT2D eigenvalue weighted by molar-refractivity contribution is 0.147. The summed E-state index contributed by atoms with van der Waals surface area (Å²) < 4.78 is 5.77. The van der Waals surface area contributed by atoms with Crippen LogP contribution in [0.3, 0.4) is 0 Å². The Morgan fingerprint density at radius 2 is 2.12 bits per heavy atom. The van der Waals surface area contributed by atoms with Crippen molar-refractivity contribution in [2.45, 2.75) is 18.4 Å². The average molecular weight is 220 g/mol. The van der Waals surface area contributed by atoms with Crippen LogP contribution in [0.5, 0.6) is 5.75 Å². The summed E-state index contributed by atoms with van der Waals surface area (Å²) in [5.41, 5.74) is 7.17. The summed E-state index contributed by atoms with van der Waals surface area (Å²) in [5.74, 6) is 0.985. The number of nitrogens with zero attached hydrogens (tertiary/aromatic N) is 1. The molecule has 3 heteroatoms. The van der Waals surface area contributed by atoms with E-state index in [-0.39, 0.29) is 5.54 Å². The van der Waals surface area contributed by atoms with Crippen LogP contribution < -0.4 is 10.5 Å². The smallest absolute Gasteiger partial charge is 0.124 e. The van der Waals surface area contributed by atoms with Crippen LogP contribution in [0.4, 0.5) is 0 Å². The first-order valence-electron chi connectivity index (χ1n) is 5.80. The molecule has 2 N–H and O–H groups in total. The van der Waals surface area contributed by atoms with E-state index in [2.05, 4.69) is 31.1 Å². The van der Waals surface area contributed by atoms with Crippen molar-refractivity contribution in [3.8, 4) is 5.75 Å². The lowest BCUT2D eigenvalue weighted by Crippen LogP contribution is -2.47. The van der Waals surface area contributed by atoms with E-state index in [1.807, 2.05) is 12.1 Å². The molecule has 0 saturated carbocycles. The van der Waals surface area contributed by atoms with Crippen LogP contribution >= 0.6 is 0 Å². The minimum atomic E-state index is -0.0763. The second kappa shape index (κ2) is 4.44. The van der Waals surface area contributed by atoms with Crippen LogP contribution in [-0.2, 0) is 5.54 Å². The maximum atomic E-state index is 6.03. The first kappa shape index (κ1) is 11.4. The van der Waals surface area contributed by atoms with Gasteiger partial charge in [-0.15, -0.1) is 0 Å². The monoisotopic (exact) mass is 220 g/mol. The number of nitrogens with two attached hydrogens (primary N) is 1. The molecular weight excluding hydrogens is 200 g/mol. The Morgan fingerprint density at radius 3 is 2.81 bits per heavy atom. The van der Waals surface area contributed by atoms with E-state index in [1.165, 1.54) is 5.56 Å². The lowest BCUT2D eigenvalue weighted by Gasteiger charge is -2.39. The molecule has 0 saturated heterocycles. The van der Waals surface area contributed by atoms with E-state index in [9.17, 15) is 0 Å². The van der Waals surface area contributed by atoms with E-state index in [0.29, 0.717) is 6.54 Å². The number of hydrogen-bond donors (Lipinski definition) is 1. The van der Waals surface area contributed by atoms with Crippen molar-refractivity contribution in [1.29, 1.82) is 0 Å². The van der Waals surface area contributed by atoms with E-state index >= 15 is 0 Å². The summed E-state index contributed by atoms with van der Waals surface area (Å²) in [7, 11) is 4.18. The van der Waals surface area contributed by atoms with Gasteiger partial charge in [0.25, 0.3) is 0 Å². The molecule has 88 valence electrons. The van der Waals surface area contributed by atoms with Gasteiger partial charge in [0.05, 0.1) is 12.1 Å². The number of likely N-dealkylation sites (N-methyl/N-ethyl adjacent to an activating group) is 1. The molecule has 0 amide bonds. The summed E-state index contributed by atoms with van der Waals surface area (Å²) in [6.07, 6.45) is 2.09. The van der Waals surface area contributed by atoms with E-state index in [0.717, 1.165) is 25.2 Å². The van der Waals surface area contributed by atoms with Gasteiger partial charge in [0.2, 0.25) is 0 Å². The molecule has 0 bridgehead atoms. The largest absolute Gasteiger partial charge is 0.493 e. The lowest BCUT2D eigenvalue weighted by atomic mass is 9.84. The van der Waals surface area contributed by atoms with Crippen molar-refractivity contribution in [3.05, 3.63) is 29.8 Å². The highest BCUT2D eigenvalue weighted by molar-refractivity contribution is 5.40. The van der Waals surface area contributed by atoms with Gasteiger partial charge in [-0.2, -0.15) is 0 Å². The summed E-state index contributed by atoms with van der Waals surface area (Å²) in [5, 5.41) is 0. The average Bonchev–Trinajstić information content (AvgIpc) is 2.49. The van der Waals surface area contributed by atoms with Gasteiger partial charge in [-0.1, -0.05) is 18.2 Å². The summed E-state index contributed by atoms with van der Waals surface area (Å²) >= 11 is 0. The molecule has 0 aromatic heterocycles. The molecule has 1 aliphatic rings. The molecule has 1 aromatic carbocycles. The van der Waals surface area contributed by atoms with Crippen LogP contribution in [0.15, 0.2) is 24.3 Å². The van der Waals surface area contributed by atoms with E-state index in [4.69, 9.17) is 10.5 Å². The normalized spacial score (nSPS) is 24.8. The topological polar surface area (TPSA) is 38.5 Å². The van der Waals surface area contributed by atoms with Crippen molar-refractivity contribution in [2.24, 2.45) is 5.73 Å². The molecule has 0 fully saturated rings. The molecule has 1 atom stereocenters. The molecule has 0 aliphatic carbocycles. The van der Waals surface area contributed by atoms with Gasteiger partial charge in [0.15, 0.2) is 0 Å². The first-order chi connectivity index (χ1) is 7.70. The van der Waals surface area contributed by atoms with Gasteiger partial charge < -0.3 is 10.5 Å². The van der Waals surface area contributed by atoms with Crippen LogP contribution in [0, 0.1) is 0 Å². The van der Waals surface area contributed by atoms with E-state index in [1.54, 1.807) is 0 Å². The highest BCUT2D eigenvalue weighted by atomic mass is 16.5. The standard InChI is InChI=1S/C13H20N2O/c1-15(2)13(10-14)8-5-9-16-12-7-4-3-6-11(12)13/h3-4,6-7H,5,8-10,14H2,1-2H3. The van der Waals surface area contributed by atoms with Crippen LogP contribution in [-0.4, -0.2) is 32.1 Å². The summed E-state index contributed by atoms with van der Waals surface area (Å²) in [4.78, 5) is 2.22. The Hall–Kier alpha value is -1.06. The zero-order chi connectivity index (χ0) is 11.6. The second-order valence-corrected chi connectivity index (χ2v) is 4.58. The minimum absolute atomic E-state index is 0.0763. The summed E-state index contributed by atoms with van der Waals surface area (Å²) in [6.45, 7) is 1.41. The van der Waals surface area contributed by atoms with Crippen molar-refractivity contribution in [3.63, 3.8) is 0 Å². The van der Waals surface area contributed by atoms with Crippen LogP contribution in [0.2, 0.25) is 0 Å². The molecule has 2 rings (SSSR count). The molecule has 0 radical (unpaired) electrons. The Balaban J connectivity index is 2.53. The Bertz CT molecular complexity index is 365. The third kappa shape index (κ3) is 1.70. The molecule has 16 heavy (non-hydrogen) atoms. The predicted octanol–water partition coefficient (Wildman–Crippen LogP) is 1.57. The first-order valence-corrected chi connectivity index (χ1v) is 5.80. The van der Waals surface area contributed by atoms with Gasteiger partial charge in [-0.3, -0.25) is 4.90 Å². The maximum absolute atomic E-state index is 6.03. The van der Waals surface area contributed by atoms with Gasteiger partial charge in [-0.05, 0) is 33.0 Å². The number of rotatable bonds is 2. The van der Waals surface area contributed by atoms with Gasteiger partial charge in [-0.25, -0.2) is 0 Å². The van der Waals surface area contributed by atoms with Crippen molar-refractivity contribution < 1.29 is 4.74 Å². The quantitative estimate of drug-likeness (QED) is 0.822. The van der Waals surface area contributed by atoms with Crippen molar-refractivity contribution in [2.75, 3.05) is 27.2 Å². The number of hydrogen-bond acceptors (Lipinski definition) is 3. The van der Waals surface area contributed by atoms with Crippen LogP contribution in [0.1, 0.15) is 18.4 Å².